The minimum atomic E-state index is -3.66. The van der Waals surface area contributed by atoms with Crippen LogP contribution in [0.3, 0.4) is 0 Å². The minimum Gasteiger partial charge on any atom is -0.465 e. The second-order valence-electron chi connectivity index (χ2n) is 6.35. The summed E-state index contributed by atoms with van der Waals surface area (Å²) in [5.41, 5.74) is 1.26. The maximum absolute atomic E-state index is 13.5. The van der Waals surface area contributed by atoms with Gasteiger partial charge in [-0.15, -0.1) is 0 Å². The molecule has 146 valence electrons. The molecule has 1 aromatic heterocycles. The SMILES string of the molecule is COC(=O)c1cn(C(=O)[C@H](c2ccccc2)N(C)S(C)(=O)=O)c2ccccc12. The quantitative estimate of drug-likeness (QED) is 0.615. The van der Waals surface area contributed by atoms with Gasteiger partial charge in [0, 0.05) is 18.6 Å². The van der Waals surface area contributed by atoms with Gasteiger partial charge in [0.15, 0.2) is 0 Å². The Bertz CT molecular complexity index is 1140. The lowest BCUT2D eigenvalue weighted by molar-refractivity contribution is 0.0603. The summed E-state index contributed by atoms with van der Waals surface area (Å²) >= 11 is 0. The van der Waals surface area contributed by atoms with Gasteiger partial charge in [0.05, 0.1) is 24.4 Å². The largest absolute Gasteiger partial charge is 0.465 e. The van der Waals surface area contributed by atoms with Crippen LogP contribution in [-0.4, -0.2) is 49.6 Å². The first-order valence-corrected chi connectivity index (χ1v) is 10.3. The molecule has 3 rings (SSSR count). The van der Waals surface area contributed by atoms with Gasteiger partial charge in [0.2, 0.25) is 10.0 Å². The number of nitrogens with zero attached hydrogens (tertiary/aromatic N) is 2. The molecule has 0 saturated carbocycles. The Hall–Kier alpha value is -2.97. The number of hydrogen-bond acceptors (Lipinski definition) is 5. The molecule has 7 nitrogen and oxygen atoms in total. The highest BCUT2D eigenvalue weighted by atomic mass is 32.2. The van der Waals surface area contributed by atoms with Gasteiger partial charge in [-0.2, -0.15) is 4.31 Å². The predicted molar refractivity (Wildman–Crippen MR) is 106 cm³/mol. The van der Waals surface area contributed by atoms with Crippen LogP contribution in [0.25, 0.3) is 10.9 Å². The summed E-state index contributed by atoms with van der Waals surface area (Å²) in [5.74, 6) is -1.07. The fourth-order valence-corrected chi connectivity index (χ4v) is 3.70. The molecule has 0 fully saturated rings. The summed E-state index contributed by atoms with van der Waals surface area (Å²) in [4.78, 5) is 25.6. The third kappa shape index (κ3) is 3.56. The lowest BCUT2D eigenvalue weighted by Gasteiger charge is -2.25. The number of fused-ring (bicyclic) bond motifs is 1. The van der Waals surface area contributed by atoms with Crippen molar-refractivity contribution in [1.29, 1.82) is 0 Å². The van der Waals surface area contributed by atoms with Gasteiger partial charge >= 0.3 is 5.97 Å². The number of carbonyl (C=O) groups is 2. The Kier molecular flexibility index (Phi) is 5.35. The molecule has 3 aromatic rings. The molecule has 28 heavy (non-hydrogen) atoms. The number of aromatic nitrogens is 1. The molecular formula is C20H20N2O5S. The molecule has 1 atom stereocenters. The van der Waals surface area contributed by atoms with Gasteiger partial charge in [-0.05, 0) is 11.6 Å². The summed E-state index contributed by atoms with van der Waals surface area (Å²) in [7, 11) is -1.04. The molecule has 1 heterocycles. The number of carbonyl (C=O) groups excluding carboxylic acids is 2. The van der Waals surface area contributed by atoms with Crippen LogP contribution in [0.1, 0.15) is 26.8 Å². The number of likely N-dealkylation sites (N-methyl/N-ethyl adjacent to an activating group) is 1. The van der Waals surface area contributed by atoms with Gasteiger partial charge in [0.25, 0.3) is 5.91 Å². The van der Waals surface area contributed by atoms with E-state index in [2.05, 4.69) is 0 Å². The van der Waals surface area contributed by atoms with Crippen LogP contribution in [0.5, 0.6) is 0 Å². The second kappa shape index (κ2) is 7.57. The van der Waals surface area contributed by atoms with E-state index in [1.54, 1.807) is 54.6 Å². The number of sulfonamides is 1. The highest BCUT2D eigenvalue weighted by molar-refractivity contribution is 7.88. The highest BCUT2D eigenvalue weighted by Crippen LogP contribution is 2.28. The zero-order valence-corrected chi connectivity index (χ0v) is 16.5. The van der Waals surface area contributed by atoms with Crippen LogP contribution >= 0.6 is 0 Å². The van der Waals surface area contributed by atoms with Gasteiger partial charge in [-0.3, -0.25) is 9.36 Å². The molecule has 8 heteroatoms. The summed E-state index contributed by atoms with van der Waals surface area (Å²) < 4.78 is 31.5. The van der Waals surface area contributed by atoms with E-state index in [-0.39, 0.29) is 5.56 Å². The molecule has 0 unspecified atom stereocenters. The molecular weight excluding hydrogens is 380 g/mol. The van der Waals surface area contributed by atoms with Crippen molar-refractivity contribution < 1.29 is 22.7 Å². The predicted octanol–water partition coefficient (Wildman–Crippen LogP) is 2.70. The maximum Gasteiger partial charge on any atom is 0.340 e. The molecule has 0 aliphatic rings. The molecule has 0 aliphatic carbocycles. The van der Waals surface area contributed by atoms with Crippen molar-refractivity contribution in [2.24, 2.45) is 0 Å². The van der Waals surface area contributed by atoms with E-state index in [9.17, 15) is 18.0 Å². The Labute approximate surface area is 163 Å². The number of para-hydroxylation sites is 1. The van der Waals surface area contributed by atoms with E-state index in [4.69, 9.17) is 4.74 Å². The van der Waals surface area contributed by atoms with Gasteiger partial charge in [-0.25, -0.2) is 13.2 Å². The maximum atomic E-state index is 13.5. The van der Waals surface area contributed by atoms with Gasteiger partial charge in [0.1, 0.15) is 6.04 Å². The Morgan fingerprint density at radius 2 is 1.64 bits per heavy atom. The monoisotopic (exact) mass is 400 g/mol. The van der Waals surface area contributed by atoms with Crippen LogP contribution in [0.4, 0.5) is 0 Å². The molecule has 0 saturated heterocycles. The van der Waals surface area contributed by atoms with Crippen molar-refractivity contribution >= 4 is 32.8 Å². The first-order valence-electron chi connectivity index (χ1n) is 8.46. The summed E-state index contributed by atoms with van der Waals surface area (Å²) in [6.45, 7) is 0. The zero-order chi connectivity index (χ0) is 20.5. The van der Waals surface area contributed by atoms with E-state index in [0.717, 1.165) is 10.6 Å². The molecule has 2 aromatic carbocycles. The standard InChI is InChI=1S/C20H20N2O5S/c1-21(28(3,25)26)18(14-9-5-4-6-10-14)19(23)22-13-16(20(24)27-2)15-11-7-8-12-17(15)22/h4-13,18H,1-3H3/t18-/m0/s1. The lowest BCUT2D eigenvalue weighted by Crippen LogP contribution is -2.37. The van der Waals surface area contributed by atoms with Crippen LogP contribution in [-0.2, 0) is 14.8 Å². The number of rotatable bonds is 5. The number of esters is 1. The summed E-state index contributed by atoms with van der Waals surface area (Å²) in [5, 5.41) is 0.552. The number of ether oxygens (including phenoxy) is 1. The average Bonchev–Trinajstić information content (AvgIpc) is 3.07. The molecule has 0 radical (unpaired) electrons. The minimum absolute atomic E-state index is 0.236. The normalized spacial score (nSPS) is 12.9. The lowest BCUT2D eigenvalue weighted by atomic mass is 10.1. The van der Waals surface area contributed by atoms with Crippen molar-refractivity contribution in [3.05, 3.63) is 71.9 Å². The second-order valence-corrected chi connectivity index (χ2v) is 8.39. The Balaban J connectivity index is 2.21. The first kappa shape index (κ1) is 19.8. The van der Waals surface area contributed by atoms with E-state index in [1.807, 2.05) is 0 Å². The van der Waals surface area contributed by atoms with Crippen molar-refractivity contribution in [2.75, 3.05) is 20.4 Å². The Morgan fingerprint density at radius 1 is 1.04 bits per heavy atom. The van der Waals surface area contributed by atoms with Crippen LogP contribution in [0.2, 0.25) is 0 Å². The van der Waals surface area contributed by atoms with Crippen molar-refractivity contribution in [3.63, 3.8) is 0 Å². The van der Waals surface area contributed by atoms with Crippen LogP contribution < -0.4 is 0 Å². The van der Waals surface area contributed by atoms with Crippen LogP contribution in [0, 0.1) is 0 Å². The third-order valence-corrected chi connectivity index (χ3v) is 5.85. The van der Waals surface area contributed by atoms with E-state index >= 15 is 0 Å². The average molecular weight is 400 g/mol. The topological polar surface area (TPSA) is 85.7 Å². The summed E-state index contributed by atoms with van der Waals surface area (Å²) in [6.07, 6.45) is 2.44. The van der Waals surface area contributed by atoms with Crippen LogP contribution in [0.15, 0.2) is 60.8 Å². The van der Waals surface area contributed by atoms with E-state index < -0.39 is 27.9 Å². The fraction of sp³-hybridized carbons (Fsp3) is 0.200. The molecule has 0 N–H and O–H groups in total. The fourth-order valence-electron chi connectivity index (χ4n) is 3.10. The third-order valence-electron chi connectivity index (χ3n) is 4.59. The molecule has 0 bridgehead atoms. The molecule has 0 aliphatic heterocycles. The zero-order valence-electron chi connectivity index (χ0n) is 15.7. The molecule has 0 amide bonds. The number of hydrogen-bond donors (Lipinski definition) is 0. The van der Waals surface area contributed by atoms with Gasteiger partial charge in [-0.1, -0.05) is 48.5 Å². The van der Waals surface area contributed by atoms with Crippen molar-refractivity contribution in [3.8, 4) is 0 Å². The summed E-state index contributed by atoms with van der Waals surface area (Å²) in [6, 6.07) is 14.5. The van der Waals surface area contributed by atoms with E-state index in [0.29, 0.717) is 16.5 Å². The number of methoxy groups -OCH3 is 1. The van der Waals surface area contributed by atoms with E-state index in [1.165, 1.54) is 24.9 Å². The van der Waals surface area contributed by atoms with Crippen molar-refractivity contribution in [2.45, 2.75) is 6.04 Å². The Morgan fingerprint density at radius 3 is 2.25 bits per heavy atom. The van der Waals surface area contributed by atoms with Crippen molar-refractivity contribution in [1.82, 2.24) is 8.87 Å². The van der Waals surface area contributed by atoms with Gasteiger partial charge < -0.3 is 4.74 Å². The first-order chi connectivity index (χ1) is 13.3. The highest BCUT2D eigenvalue weighted by Gasteiger charge is 2.33. The number of benzene rings is 2. The molecule has 0 spiro atoms. The smallest absolute Gasteiger partial charge is 0.340 e.